The molecule has 0 amide bonds. The fraction of sp³-hybridized carbons (Fsp3) is 0.231. The first-order valence-corrected chi connectivity index (χ1v) is 5.94. The highest BCUT2D eigenvalue weighted by atomic mass is 35.5. The quantitative estimate of drug-likeness (QED) is 0.811. The zero-order valence-corrected chi connectivity index (χ0v) is 11.6. The van der Waals surface area contributed by atoms with E-state index >= 15 is 0 Å². The van der Waals surface area contributed by atoms with Crippen LogP contribution >= 0.6 is 11.6 Å². The lowest BCUT2D eigenvalue weighted by Crippen LogP contribution is -2.04. The van der Waals surface area contributed by atoms with Crippen molar-refractivity contribution >= 4 is 17.6 Å². The van der Waals surface area contributed by atoms with Gasteiger partial charge in [0.25, 0.3) is 0 Å². The number of esters is 1. The summed E-state index contributed by atoms with van der Waals surface area (Å²) < 4.78 is 11.4. The number of aromatic nitrogens is 2. The maximum absolute atomic E-state index is 11.5. The van der Waals surface area contributed by atoms with E-state index in [1.165, 1.54) is 7.11 Å². The third-order valence-electron chi connectivity index (χ3n) is 2.72. The average molecular weight is 281 g/mol. The molecule has 0 bridgehead atoms. The summed E-state index contributed by atoms with van der Waals surface area (Å²) in [4.78, 5) is 11.5. The van der Waals surface area contributed by atoms with Crippen molar-refractivity contribution in [2.45, 2.75) is 6.92 Å². The molecule has 1 heterocycles. The lowest BCUT2D eigenvalue weighted by atomic mass is 10.3. The van der Waals surface area contributed by atoms with E-state index in [0.29, 0.717) is 11.4 Å². The first-order valence-electron chi connectivity index (χ1n) is 5.56. The maximum Gasteiger partial charge on any atom is 0.360 e. The minimum absolute atomic E-state index is 0.101. The highest BCUT2D eigenvalue weighted by Gasteiger charge is 2.20. The largest absolute Gasteiger partial charge is 0.497 e. The molecule has 0 N–H and O–H groups in total. The van der Waals surface area contributed by atoms with Gasteiger partial charge in [-0.25, -0.2) is 9.48 Å². The molecule has 6 heteroatoms. The van der Waals surface area contributed by atoms with Crippen LogP contribution in [0.25, 0.3) is 5.69 Å². The SMILES string of the molecule is COC(=O)c1nn(-c2cccc(OC)c2)c(C)c1Cl. The molecule has 0 spiro atoms. The van der Waals surface area contributed by atoms with Crippen LogP contribution in [-0.2, 0) is 4.74 Å². The van der Waals surface area contributed by atoms with Gasteiger partial charge in [0.05, 0.1) is 30.6 Å². The topological polar surface area (TPSA) is 53.3 Å². The number of carbonyl (C=O) groups is 1. The van der Waals surface area contributed by atoms with Gasteiger partial charge in [0.1, 0.15) is 5.75 Å². The smallest absolute Gasteiger partial charge is 0.360 e. The van der Waals surface area contributed by atoms with E-state index in [1.807, 2.05) is 18.2 Å². The fourth-order valence-electron chi connectivity index (χ4n) is 1.70. The first kappa shape index (κ1) is 13.4. The minimum Gasteiger partial charge on any atom is -0.497 e. The summed E-state index contributed by atoms with van der Waals surface area (Å²) in [7, 11) is 2.88. The highest BCUT2D eigenvalue weighted by Crippen LogP contribution is 2.25. The zero-order valence-electron chi connectivity index (χ0n) is 10.8. The van der Waals surface area contributed by atoms with E-state index in [4.69, 9.17) is 16.3 Å². The Bertz CT molecular complexity index is 622. The van der Waals surface area contributed by atoms with Crippen LogP contribution < -0.4 is 4.74 Å². The van der Waals surface area contributed by atoms with E-state index in [1.54, 1.807) is 24.8 Å². The van der Waals surface area contributed by atoms with Crippen molar-refractivity contribution in [3.63, 3.8) is 0 Å². The lowest BCUT2D eigenvalue weighted by molar-refractivity contribution is 0.0593. The Kier molecular flexibility index (Phi) is 3.76. The monoisotopic (exact) mass is 280 g/mol. The summed E-state index contributed by atoms with van der Waals surface area (Å²) in [6, 6.07) is 7.31. The number of nitrogens with zero attached hydrogens (tertiary/aromatic N) is 2. The first-order chi connectivity index (χ1) is 9.08. The van der Waals surface area contributed by atoms with Gasteiger partial charge in [0.15, 0.2) is 5.69 Å². The van der Waals surface area contributed by atoms with Crippen LogP contribution in [0.2, 0.25) is 5.02 Å². The molecular weight excluding hydrogens is 268 g/mol. The normalized spacial score (nSPS) is 10.3. The predicted molar refractivity (Wildman–Crippen MR) is 71.2 cm³/mol. The second-order valence-electron chi connectivity index (χ2n) is 3.85. The van der Waals surface area contributed by atoms with Crippen LogP contribution in [0.5, 0.6) is 5.75 Å². The van der Waals surface area contributed by atoms with Gasteiger partial charge in [-0.1, -0.05) is 17.7 Å². The highest BCUT2D eigenvalue weighted by molar-refractivity contribution is 6.34. The number of hydrogen-bond donors (Lipinski definition) is 0. The van der Waals surface area contributed by atoms with Crippen molar-refractivity contribution in [2.24, 2.45) is 0 Å². The Morgan fingerprint density at radius 3 is 2.74 bits per heavy atom. The van der Waals surface area contributed by atoms with Gasteiger partial charge in [0.2, 0.25) is 0 Å². The standard InChI is InChI=1S/C13H13ClN2O3/c1-8-11(14)12(13(17)19-3)15-16(8)9-5-4-6-10(7-9)18-2/h4-7H,1-3H3. The Morgan fingerprint density at radius 1 is 1.37 bits per heavy atom. The summed E-state index contributed by atoms with van der Waals surface area (Å²) in [6.07, 6.45) is 0. The van der Waals surface area contributed by atoms with Crippen molar-refractivity contribution in [3.8, 4) is 11.4 Å². The van der Waals surface area contributed by atoms with Gasteiger partial charge >= 0.3 is 5.97 Å². The Balaban J connectivity index is 2.53. The molecule has 0 saturated carbocycles. The van der Waals surface area contributed by atoms with Gasteiger partial charge in [-0.15, -0.1) is 0 Å². The van der Waals surface area contributed by atoms with Crippen molar-refractivity contribution in [3.05, 3.63) is 40.7 Å². The van der Waals surface area contributed by atoms with Gasteiger partial charge in [-0.2, -0.15) is 5.10 Å². The van der Waals surface area contributed by atoms with E-state index < -0.39 is 5.97 Å². The number of carbonyl (C=O) groups excluding carboxylic acids is 1. The second kappa shape index (κ2) is 5.32. The molecule has 0 fully saturated rings. The Hall–Kier alpha value is -2.01. The van der Waals surface area contributed by atoms with Gasteiger partial charge in [-0.05, 0) is 19.1 Å². The zero-order chi connectivity index (χ0) is 14.0. The molecule has 0 unspecified atom stereocenters. The van der Waals surface area contributed by atoms with Crippen LogP contribution in [-0.4, -0.2) is 30.0 Å². The predicted octanol–water partition coefficient (Wildman–Crippen LogP) is 2.63. The Labute approximate surface area is 115 Å². The van der Waals surface area contributed by atoms with Crippen LogP contribution in [0.15, 0.2) is 24.3 Å². The lowest BCUT2D eigenvalue weighted by Gasteiger charge is -2.06. The van der Waals surface area contributed by atoms with Gasteiger partial charge in [-0.3, -0.25) is 0 Å². The summed E-state index contributed by atoms with van der Waals surface area (Å²) >= 11 is 6.10. The molecule has 0 aliphatic carbocycles. The molecule has 0 atom stereocenters. The summed E-state index contributed by atoms with van der Waals surface area (Å²) in [5, 5.41) is 4.47. The summed E-state index contributed by atoms with van der Waals surface area (Å²) in [5.41, 5.74) is 1.52. The molecule has 19 heavy (non-hydrogen) atoms. The molecular formula is C13H13ClN2O3. The van der Waals surface area contributed by atoms with Gasteiger partial charge in [0, 0.05) is 6.07 Å². The maximum atomic E-state index is 11.5. The van der Waals surface area contributed by atoms with Crippen LogP contribution in [0.1, 0.15) is 16.2 Å². The molecule has 5 nitrogen and oxygen atoms in total. The summed E-state index contributed by atoms with van der Waals surface area (Å²) in [5.74, 6) is 0.137. The molecule has 0 aliphatic heterocycles. The van der Waals surface area contributed by atoms with Crippen LogP contribution in [0, 0.1) is 6.92 Å². The van der Waals surface area contributed by atoms with Crippen molar-refractivity contribution < 1.29 is 14.3 Å². The van der Waals surface area contributed by atoms with E-state index in [-0.39, 0.29) is 10.7 Å². The van der Waals surface area contributed by atoms with E-state index in [2.05, 4.69) is 9.84 Å². The fourth-order valence-corrected chi connectivity index (χ4v) is 1.90. The number of methoxy groups -OCH3 is 2. The van der Waals surface area contributed by atoms with Crippen molar-refractivity contribution in [2.75, 3.05) is 14.2 Å². The molecule has 1 aromatic heterocycles. The van der Waals surface area contributed by atoms with Crippen molar-refractivity contribution in [1.82, 2.24) is 9.78 Å². The number of benzene rings is 1. The number of ether oxygens (including phenoxy) is 2. The molecule has 0 saturated heterocycles. The molecule has 100 valence electrons. The molecule has 0 radical (unpaired) electrons. The van der Waals surface area contributed by atoms with E-state index in [0.717, 1.165) is 5.69 Å². The van der Waals surface area contributed by atoms with Crippen molar-refractivity contribution in [1.29, 1.82) is 0 Å². The minimum atomic E-state index is -0.560. The van der Waals surface area contributed by atoms with Gasteiger partial charge < -0.3 is 9.47 Å². The number of rotatable bonds is 3. The molecule has 2 rings (SSSR count). The summed E-state index contributed by atoms with van der Waals surface area (Å²) in [6.45, 7) is 1.78. The molecule has 1 aromatic carbocycles. The Morgan fingerprint density at radius 2 is 2.11 bits per heavy atom. The number of hydrogen-bond acceptors (Lipinski definition) is 4. The third kappa shape index (κ3) is 2.42. The molecule has 2 aromatic rings. The number of halogens is 1. The van der Waals surface area contributed by atoms with Crippen LogP contribution in [0.4, 0.5) is 0 Å². The van der Waals surface area contributed by atoms with E-state index in [9.17, 15) is 4.79 Å². The average Bonchev–Trinajstić information content (AvgIpc) is 2.75. The molecule has 0 aliphatic rings. The second-order valence-corrected chi connectivity index (χ2v) is 4.23. The van der Waals surface area contributed by atoms with Crippen LogP contribution in [0.3, 0.4) is 0 Å². The third-order valence-corrected chi connectivity index (χ3v) is 3.17.